The van der Waals surface area contributed by atoms with Gasteiger partial charge in [0.05, 0.1) is 0 Å². The van der Waals surface area contributed by atoms with E-state index in [9.17, 15) is 14.4 Å². The van der Waals surface area contributed by atoms with Gasteiger partial charge in [-0.3, -0.25) is 14.4 Å². The Balaban J connectivity index is 4.23. The van der Waals surface area contributed by atoms with Crippen LogP contribution in [-0.4, -0.2) is 37.2 Å². The largest absolute Gasteiger partial charge is 0.462 e. The summed E-state index contributed by atoms with van der Waals surface area (Å²) in [6.07, 6.45) is 50.1. The van der Waals surface area contributed by atoms with Gasteiger partial charge >= 0.3 is 17.9 Å². The van der Waals surface area contributed by atoms with E-state index >= 15 is 0 Å². The Morgan fingerprint density at radius 1 is 0.382 bits per heavy atom. The number of rotatable bonds is 42. The topological polar surface area (TPSA) is 78.9 Å². The van der Waals surface area contributed by atoms with Gasteiger partial charge in [-0.25, -0.2) is 0 Å². The Morgan fingerprint density at radius 2 is 0.709 bits per heavy atom. The lowest BCUT2D eigenvalue weighted by Gasteiger charge is -2.18. The fourth-order valence-electron chi connectivity index (χ4n) is 6.63. The minimum absolute atomic E-state index is 0.0813. The van der Waals surface area contributed by atoms with Crippen LogP contribution in [0.2, 0.25) is 0 Å². The van der Waals surface area contributed by atoms with Crippen molar-refractivity contribution in [1.29, 1.82) is 0 Å². The second-order valence-electron chi connectivity index (χ2n) is 15.6. The predicted molar refractivity (Wildman–Crippen MR) is 233 cm³/mol. The maximum absolute atomic E-state index is 12.7. The number of esters is 3. The molecule has 6 nitrogen and oxygen atoms in total. The molecule has 320 valence electrons. The number of allylic oxidation sites excluding steroid dienone is 6. The summed E-state index contributed by atoms with van der Waals surface area (Å²) in [7, 11) is 0. The number of unbranched alkanes of at least 4 members (excludes halogenated alkanes) is 25. The average molecular weight is 773 g/mol. The second-order valence-corrected chi connectivity index (χ2v) is 15.6. The van der Waals surface area contributed by atoms with Crippen LogP contribution in [0.15, 0.2) is 36.5 Å². The number of carbonyl (C=O) groups excluding carboxylic acids is 3. The zero-order valence-corrected chi connectivity index (χ0v) is 36.4. The molecule has 0 aliphatic rings. The van der Waals surface area contributed by atoms with Crippen molar-refractivity contribution in [2.75, 3.05) is 13.2 Å². The smallest absolute Gasteiger partial charge is 0.306 e. The minimum Gasteiger partial charge on any atom is -0.462 e. The van der Waals surface area contributed by atoms with Crippen molar-refractivity contribution in [2.24, 2.45) is 0 Å². The second kappa shape index (κ2) is 44.3. The molecule has 0 bridgehead atoms. The van der Waals surface area contributed by atoms with Gasteiger partial charge in [-0.2, -0.15) is 0 Å². The van der Waals surface area contributed by atoms with E-state index in [1.807, 2.05) is 0 Å². The van der Waals surface area contributed by atoms with Gasteiger partial charge in [0, 0.05) is 19.3 Å². The highest BCUT2D eigenvalue weighted by atomic mass is 16.6. The third kappa shape index (κ3) is 42.6. The molecule has 0 amide bonds. The Labute approximate surface area is 340 Å². The van der Waals surface area contributed by atoms with E-state index in [0.29, 0.717) is 19.3 Å². The van der Waals surface area contributed by atoms with Gasteiger partial charge in [-0.1, -0.05) is 205 Å². The fraction of sp³-hybridized carbons (Fsp3) is 0.816. The van der Waals surface area contributed by atoms with E-state index < -0.39 is 6.10 Å². The monoisotopic (exact) mass is 773 g/mol. The summed E-state index contributed by atoms with van der Waals surface area (Å²) < 4.78 is 16.6. The predicted octanol–water partition coefficient (Wildman–Crippen LogP) is 15.0. The first-order valence-corrected chi connectivity index (χ1v) is 23.5. The van der Waals surface area contributed by atoms with E-state index in [2.05, 4.69) is 57.2 Å². The molecule has 0 N–H and O–H groups in total. The van der Waals surface area contributed by atoms with Crippen LogP contribution < -0.4 is 0 Å². The van der Waals surface area contributed by atoms with Gasteiger partial charge in [-0.15, -0.1) is 0 Å². The Morgan fingerprint density at radius 3 is 1.11 bits per heavy atom. The van der Waals surface area contributed by atoms with E-state index in [4.69, 9.17) is 14.2 Å². The molecule has 6 heteroatoms. The lowest BCUT2D eigenvalue weighted by atomic mass is 10.0. The average Bonchev–Trinajstić information content (AvgIpc) is 3.18. The van der Waals surface area contributed by atoms with Crippen LogP contribution in [0.3, 0.4) is 0 Å². The summed E-state index contributed by atoms with van der Waals surface area (Å²) in [4.78, 5) is 37.6. The SMILES string of the molecule is CC/C=C\C/C=C\C/C=C\CCCCCC(=O)OC(COC(=O)CCCCCCCC)COC(=O)CCCCCCCCCCCCCCCCCCCC. The third-order valence-electron chi connectivity index (χ3n) is 10.2. The van der Waals surface area contributed by atoms with Crippen molar-refractivity contribution >= 4 is 17.9 Å². The molecular formula is C49H88O6. The van der Waals surface area contributed by atoms with Crippen molar-refractivity contribution in [3.8, 4) is 0 Å². The van der Waals surface area contributed by atoms with Gasteiger partial charge in [-0.05, 0) is 51.4 Å². The number of hydrogen-bond donors (Lipinski definition) is 0. The number of carbonyl (C=O) groups is 3. The molecule has 0 aromatic carbocycles. The van der Waals surface area contributed by atoms with Crippen LogP contribution in [-0.2, 0) is 28.6 Å². The quantitative estimate of drug-likeness (QED) is 0.0266. The van der Waals surface area contributed by atoms with E-state index in [1.54, 1.807) is 0 Å². The van der Waals surface area contributed by atoms with Gasteiger partial charge in [0.2, 0.25) is 0 Å². The van der Waals surface area contributed by atoms with E-state index in [-0.39, 0.29) is 31.1 Å². The van der Waals surface area contributed by atoms with Crippen molar-refractivity contribution in [1.82, 2.24) is 0 Å². The molecular weight excluding hydrogens is 685 g/mol. The van der Waals surface area contributed by atoms with Crippen LogP contribution in [0.25, 0.3) is 0 Å². The molecule has 1 atom stereocenters. The van der Waals surface area contributed by atoms with Gasteiger partial charge in [0.25, 0.3) is 0 Å². The Hall–Kier alpha value is -2.37. The Bertz CT molecular complexity index is 938. The summed E-state index contributed by atoms with van der Waals surface area (Å²) in [5, 5.41) is 0. The van der Waals surface area contributed by atoms with Crippen molar-refractivity contribution in [3.63, 3.8) is 0 Å². The highest BCUT2D eigenvalue weighted by Gasteiger charge is 2.19. The molecule has 0 radical (unpaired) electrons. The number of ether oxygens (including phenoxy) is 3. The van der Waals surface area contributed by atoms with Crippen LogP contribution in [0.1, 0.15) is 239 Å². The minimum atomic E-state index is -0.779. The fourth-order valence-corrected chi connectivity index (χ4v) is 6.63. The first-order chi connectivity index (χ1) is 27.0. The zero-order valence-electron chi connectivity index (χ0n) is 36.4. The third-order valence-corrected chi connectivity index (χ3v) is 10.2. The summed E-state index contributed by atoms with van der Waals surface area (Å²) in [5.41, 5.74) is 0. The normalized spacial score (nSPS) is 12.3. The van der Waals surface area contributed by atoms with Crippen LogP contribution in [0.5, 0.6) is 0 Å². The molecule has 0 rings (SSSR count). The lowest BCUT2D eigenvalue weighted by molar-refractivity contribution is -0.167. The first kappa shape index (κ1) is 52.6. The van der Waals surface area contributed by atoms with Crippen LogP contribution in [0.4, 0.5) is 0 Å². The molecule has 1 unspecified atom stereocenters. The summed E-state index contributed by atoms with van der Waals surface area (Å²) in [6, 6.07) is 0. The Kier molecular flexibility index (Phi) is 42.4. The summed E-state index contributed by atoms with van der Waals surface area (Å²) in [5.74, 6) is -0.916. The maximum Gasteiger partial charge on any atom is 0.306 e. The van der Waals surface area contributed by atoms with Gasteiger partial charge in [0.1, 0.15) is 13.2 Å². The molecule has 0 heterocycles. The molecule has 55 heavy (non-hydrogen) atoms. The van der Waals surface area contributed by atoms with E-state index in [1.165, 1.54) is 116 Å². The molecule has 0 fully saturated rings. The van der Waals surface area contributed by atoms with Crippen LogP contribution >= 0.6 is 0 Å². The van der Waals surface area contributed by atoms with E-state index in [0.717, 1.165) is 83.5 Å². The molecule has 0 aliphatic heterocycles. The molecule has 0 saturated carbocycles. The molecule has 0 saturated heterocycles. The van der Waals surface area contributed by atoms with Crippen molar-refractivity contribution in [2.45, 2.75) is 245 Å². The molecule has 0 spiro atoms. The standard InChI is InChI=1S/C49H88O6/c1-4-7-10-13-16-18-20-22-23-24-25-26-28-29-31-33-36-39-42-48(51)54-45-46(44-53-47(50)41-38-35-15-12-9-6-3)55-49(52)43-40-37-34-32-30-27-21-19-17-14-11-8-5-2/h8,11,17,19,27,30,46H,4-7,9-10,12-16,18,20-26,28-29,31-45H2,1-3H3/b11-8-,19-17-,30-27-. The molecule has 0 aliphatic carbocycles. The number of hydrogen-bond acceptors (Lipinski definition) is 6. The lowest BCUT2D eigenvalue weighted by Crippen LogP contribution is -2.30. The van der Waals surface area contributed by atoms with Crippen molar-refractivity contribution < 1.29 is 28.6 Å². The van der Waals surface area contributed by atoms with Crippen LogP contribution in [0, 0.1) is 0 Å². The summed E-state index contributed by atoms with van der Waals surface area (Å²) in [6.45, 7) is 6.45. The summed E-state index contributed by atoms with van der Waals surface area (Å²) >= 11 is 0. The zero-order chi connectivity index (χ0) is 40.1. The highest BCUT2D eigenvalue weighted by Crippen LogP contribution is 2.15. The maximum atomic E-state index is 12.7. The highest BCUT2D eigenvalue weighted by molar-refractivity contribution is 5.71. The van der Waals surface area contributed by atoms with Gasteiger partial charge < -0.3 is 14.2 Å². The van der Waals surface area contributed by atoms with Gasteiger partial charge in [0.15, 0.2) is 6.10 Å². The van der Waals surface area contributed by atoms with Crippen molar-refractivity contribution in [3.05, 3.63) is 36.5 Å². The molecule has 0 aromatic rings. The molecule has 0 aromatic heterocycles. The first-order valence-electron chi connectivity index (χ1n) is 23.5.